The van der Waals surface area contributed by atoms with Crippen molar-refractivity contribution in [2.45, 2.75) is 20.0 Å². The fourth-order valence-electron chi connectivity index (χ4n) is 2.19. The van der Waals surface area contributed by atoms with Gasteiger partial charge in [-0.1, -0.05) is 6.07 Å². The maximum atomic E-state index is 12.3. The molecule has 1 aliphatic rings. The van der Waals surface area contributed by atoms with E-state index in [-0.39, 0.29) is 17.2 Å². The zero-order chi connectivity index (χ0) is 15.4. The van der Waals surface area contributed by atoms with Crippen LogP contribution < -0.4 is 4.74 Å². The minimum Gasteiger partial charge on any atom is -0.480 e. The topological polar surface area (TPSA) is 76.1 Å². The van der Waals surface area contributed by atoms with Crippen molar-refractivity contribution in [3.05, 3.63) is 29.3 Å². The molecule has 1 fully saturated rings. The quantitative estimate of drug-likeness (QED) is 0.906. The van der Waals surface area contributed by atoms with E-state index in [0.717, 1.165) is 5.56 Å². The molecule has 6 nitrogen and oxygen atoms in total. The highest BCUT2D eigenvalue weighted by molar-refractivity contribution is 5.91. The zero-order valence-corrected chi connectivity index (χ0v) is 12.2. The Morgan fingerprint density at radius 3 is 2.62 bits per heavy atom. The van der Waals surface area contributed by atoms with Crippen molar-refractivity contribution in [3.63, 3.8) is 0 Å². The van der Waals surface area contributed by atoms with Crippen LogP contribution in [0.15, 0.2) is 18.2 Å². The van der Waals surface area contributed by atoms with Crippen molar-refractivity contribution in [2.24, 2.45) is 0 Å². The molecule has 114 valence electrons. The van der Waals surface area contributed by atoms with Gasteiger partial charge in [-0.2, -0.15) is 0 Å². The minimum atomic E-state index is -1.07. The lowest BCUT2D eigenvalue weighted by Gasteiger charge is -2.29. The van der Waals surface area contributed by atoms with Crippen LogP contribution in [0.4, 0.5) is 0 Å². The van der Waals surface area contributed by atoms with Gasteiger partial charge in [0.2, 0.25) is 0 Å². The average Bonchev–Trinajstić information content (AvgIpc) is 2.47. The number of amides is 1. The molecule has 2 rings (SSSR count). The van der Waals surface area contributed by atoms with Crippen LogP contribution >= 0.6 is 0 Å². The van der Waals surface area contributed by atoms with E-state index in [1.807, 2.05) is 6.92 Å². The maximum Gasteiger partial charge on any atom is 0.339 e. The van der Waals surface area contributed by atoms with E-state index in [2.05, 4.69) is 0 Å². The molecule has 0 spiro atoms. The number of rotatable bonds is 4. The predicted molar refractivity (Wildman–Crippen MR) is 75.6 cm³/mol. The summed E-state index contributed by atoms with van der Waals surface area (Å²) in [5.74, 6) is -1.01. The van der Waals surface area contributed by atoms with Crippen LogP contribution in [0.1, 0.15) is 22.8 Å². The van der Waals surface area contributed by atoms with Gasteiger partial charge in [-0.15, -0.1) is 0 Å². The zero-order valence-electron chi connectivity index (χ0n) is 12.2. The summed E-state index contributed by atoms with van der Waals surface area (Å²) in [7, 11) is 0. The van der Waals surface area contributed by atoms with Gasteiger partial charge in [0.25, 0.3) is 5.91 Å². The summed E-state index contributed by atoms with van der Waals surface area (Å²) >= 11 is 0. The molecule has 1 atom stereocenters. The molecule has 0 aromatic heterocycles. The molecular weight excluding hydrogens is 274 g/mol. The number of carboxylic acid groups (broad SMARTS) is 1. The summed E-state index contributed by atoms with van der Waals surface area (Å²) in [6.45, 7) is 5.57. The number of morpholine rings is 1. The van der Waals surface area contributed by atoms with Gasteiger partial charge < -0.3 is 19.5 Å². The number of carbonyl (C=O) groups excluding carboxylic acids is 1. The molecule has 6 heteroatoms. The van der Waals surface area contributed by atoms with E-state index < -0.39 is 12.1 Å². The summed E-state index contributed by atoms with van der Waals surface area (Å²) < 4.78 is 10.8. The third-order valence-corrected chi connectivity index (χ3v) is 3.34. The number of benzene rings is 1. The number of aryl methyl sites for hydroxylation is 1. The number of hydrogen-bond acceptors (Lipinski definition) is 4. The van der Waals surface area contributed by atoms with E-state index in [4.69, 9.17) is 14.6 Å². The normalized spacial score (nSPS) is 16.4. The first-order valence-electron chi connectivity index (χ1n) is 6.86. The third-order valence-electron chi connectivity index (χ3n) is 3.34. The Balaban J connectivity index is 2.11. The fraction of sp³-hybridized carbons (Fsp3) is 0.467. The number of carboxylic acids is 1. The highest BCUT2D eigenvalue weighted by Crippen LogP contribution is 2.22. The molecule has 0 bridgehead atoms. The lowest BCUT2D eigenvalue weighted by molar-refractivity contribution is -0.142. The van der Waals surface area contributed by atoms with Crippen molar-refractivity contribution in [3.8, 4) is 5.75 Å². The fourth-order valence-corrected chi connectivity index (χ4v) is 2.19. The molecule has 1 N–H and O–H groups in total. The number of nitrogens with zero attached hydrogens (tertiary/aromatic N) is 1. The predicted octanol–water partition coefficient (Wildman–Crippen LogP) is 1.32. The van der Waals surface area contributed by atoms with Gasteiger partial charge in [-0.05, 0) is 31.5 Å². The highest BCUT2D eigenvalue weighted by atomic mass is 16.5. The summed E-state index contributed by atoms with van der Waals surface area (Å²) in [6, 6.07) is 4.82. The van der Waals surface area contributed by atoms with Crippen molar-refractivity contribution in [2.75, 3.05) is 26.3 Å². The highest BCUT2D eigenvalue weighted by Gasteiger charge is 2.25. The molecule has 1 aliphatic heterocycles. The second-order valence-electron chi connectivity index (χ2n) is 5.00. The first kappa shape index (κ1) is 15.3. The molecule has 0 aliphatic carbocycles. The van der Waals surface area contributed by atoms with Crippen LogP contribution in [0.3, 0.4) is 0 Å². The first-order valence-corrected chi connectivity index (χ1v) is 6.86. The molecule has 0 radical (unpaired) electrons. The number of ether oxygens (including phenoxy) is 2. The number of hydrogen-bond donors (Lipinski definition) is 1. The second kappa shape index (κ2) is 6.58. The smallest absolute Gasteiger partial charge is 0.339 e. The number of aromatic carboxylic acids is 1. The Bertz CT molecular complexity index is 537. The summed E-state index contributed by atoms with van der Waals surface area (Å²) in [6.07, 6.45) is -0.733. The molecule has 1 saturated heterocycles. The van der Waals surface area contributed by atoms with Crippen LogP contribution in [0.5, 0.6) is 5.75 Å². The Kier molecular flexibility index (Phi) is 4.80. The Labute approximate surface area is 123 Å². The standard InChI is InChI=1S/C15H19NO5/c1-10-3-4-12(15(18)19)13(9-10)21-11(2)14(17)16-5-7-20-8-6-16/h3-4,9,11H,5-8H2,1-2H3,(H,18,19). The van der Waals surface area contributed by atoms with E-state index >= 15 is 0 Å². The van der Waals surface area contributed by atoms with Gasteiger partial charge in [0.05, 0.1) is 13.2 Å². The Morgan fingerprint density at radius 2 is 2.00 bits per heavy atom. The van der Waals surface area contributed by atoms with Gasteiger partial charge in [-0.3, -0.25) is 4.79 Å². The summed E-state index contributed by atoms with van der Waals surface area (Å²) in [5, 5.41) is 9.16. The van der Waals surface area contributed by atoms with E-state index in [1.54, 1.807) is 24.0 Å². The van der Waals surface area contributed by atoms with E-state index in [0.29, 0.717) is 26.3 Å². The lowest BCUT2D eigenvalue weighted by atomic mass is 10.1. The molecule has 0 saturated carbocycles. The minimum absolute atomic E-state index is 0.0576. The maximum absolute atomic E-state index is 12.3. The Morgan fingerprint density at radius 1 is 1.33 bits per heavy atom. The molecule has 1 aromatic carbocycles. The molecule has 21 heavy (non-hydrogen) atoms. The molecule has 1 unspecified atom stereocenters. The van der Waals surface area contributed by atoms with Gasteiger partial charge >= 0.3 is 5.97 Å². The van der Waals surface area contributed by atoms with Crippen molar-refractivity contribution in [1.29, 1.82) is 0 Å². The van der Waals surface area contributed by atoms with E-state index in [9.17, 15) is 9.59 Å². The van der Waals surface area contributed by atoms with Gasteiger partial charge in [-0.25, -0.2) is 4.79 Å². The van der Waals surface area contributed by atoms with Crippen LogP contribution in [-0.4, -0.2) is 54.3 Å². The monoisotopic (exact) mass is 293 g/mol. The lowest BCUT2D eigenvalue weighted by Crippen LogP contribution is -2.46. The average molecular weight is 293 g/mol. The van der Waals surface area contributed by atoms with Crippen LogP contribution in [0.25, 0.3) is 0 Å². The van der Waals surface area contributed by atoms with Gasteiger partial charge in [0.15, 0.2) is 6.10 Å². The van der Waals surface area contributed by atoms with Crippen LogP contribution in [0.2, 0.25) is 0 Å². The largest absolute Gasteiger partial charge is 0.480 e. The van der Waals surface area contributed by atoms with Crippen molar-refractivity contribution in [1.82, 2.24) is 4.90 Å². The first-order chi connectivity index (χ1) is 9.99. The molecule has 1 aromatic rings. The molecule has 1 amide bonds. The van der Waals surface area contributed by atoms with Crippen molar-refractivity contribution < 1.29 is 24.2 Å². The van der Waals surface area contributed by atoms with E-state index in [1.165, 1.54) is 6.07 Å². The van der Waals surface area contributed by atoms with Gasteiger partial charge in [0, 0.05) is 13.1 Å². The third kappa shape index (κ3) is 3.72. The van der Waals surface area contributed by atoms with Crippen molar-refractivity contribution >= 4 is 11.9 Å². The summed E-state index contributed by atoms with van der Waals surface area (Å²) in [5.41, 5.74) is 0.934. The summed E-state index contributed by atoms with van der Waals surface area (Å²) in [4.78, 5) is 25.1. The van der Waals surface area contributed by atoms with Crippen LogP contribution in [-0.2, 0) is 9.53 Å². The Hall–Kier alpha value is -2.08. The number of carbonyl (C=O) groups is 2. The second-order valence-corrected chi connectivity index (χ2v) is 5.00. The van der Waals surface area contributed by atoms with Gasteiger partial charge in [0.1, 0.15) is 11.3 Å². The molecular formula is C15H19NO5. The molecule has 1 heterocycles. The SMILES string of the molecule is Cc1ccc(C(=O)O)c(OC(C)C(=O)N2CCOCC2)c1. The van der Waals surface area contributed by atoms with Crippen LogP contribution in [0, 0.1) is 6.92 Å².